The highest BCUT2D eigenvalue weighted by Crippen LogP contribution is 2.25. The van der Waals surface area contributed by atoms with Crippen molar-refractivity contribution < 1.29 is 5.11 Å². The lowest BCUT2D eigenvalue weighted by Crippen LogP contribution is -2.31. The average Bonchev–Trinajstić information content (AvgIpc) is 2.31. The number of benzene rings is 1. The van der Waals surface area contributed by atoms with Gasteiger partial charge in [0.25, 0.3) is 5.56 Å². The van der Waals surface area contributed by atoms with Crippen LogP contribution in [0, 0.1) is 6.92 Å². The standard InChI is InChI=1S/C13H13BrN2O3/c1-3-8-11(17)15-13(19)16(12(8)18)10-5-4-7(2)6-9(10)14/h4-6,18H,3H2,1-2H3,(H,15,17,19). The number of rotatable bonds is 2. The number of hydrogen-bond donors (Lipinski definition) is 2. The Labute approximate surface area is 117 Å². The van der Waals surface area contributed by atoms with E-state index in [9.17, 15) is 14.7 Å². The zero-order chi connectivity index (χ0) is 14.2. The number of nitrogens with zero attached hydrogens (tertiary/aromatic N) is 1. The third-order valence-corrected chi connectivity index (χ3v) is 3.51. The fraction of sp³-hybridized carbons (Fsp3) is 0.231. The normalized spacial score (nSPS) is 10.7. The summed E-state index contributed by atoms with van der Waals surface area (Å²) in [6.07, 6.45) is 0.338. The lowest BCUT2D eigenvalue weighted by molar-refractivity contribution is 0.423. The topological polar surface area (TPSA) is 75.1 Å². The molecule has 2 N–H and O–H groups in total. The molecule has 100 valence electrons. The van der Waals surface area contributed by atoms with Gasteiger partial charge in [0.05, 0.1) is 11.3 Å². The molecule has 0 spiro atoms. The van der Waals surface area contributed by atoms with Crippen molar-refractivity contribution >= 4 is 15.9 Å². The molecule has 0 aliphatic rings. The van der Waals surface area contributed by atoms with E-state index in [2.05, 4.69) is 20.9 Å². The van der Waals surface area contributed by atoms with Gasteiger partial charge in [0, 0.05) is 4.47 Å². The van der Waals surface area contributed by atoms with E-state index in [0.717, 1.165) is 10.1 Å². The molecule has 1 aromatic carbocycles. The highest BCUT2D eigenvalue weighted by Gasteiger charge is 2.15. The van der Waals surface area contributed by atoms with E-state index < -0.39 is 11.2 Å². The van der Waals surface area contributed by atoms with Crippen molar-refractivity contribution in [1.29, 1.82) is 0 Å². The highest BCUT2D eigenvalue weighted by atomic mass is 79.9. The van der Waals surface area contributed by atoms with Crippen molar-refractivity contribution in [1.82, 2.24) is 9.55 Å². The molecule has 0 bridgehead atoms. The van der Waals surface area contributed by atoms with E-state index in [0.29, 0.717) is 16.6 Å². The smallest absolute Gasteiger partial charge is 0.335 e. The molecule has 0 aliphatic heterocycles. The Balaban J connectivity index is 2.83. The third kappa shape index (κ3) is 2.35. The van der Waals surface area contributed by atoms with Gasteiger partial charge < -0.3 is 5.11 Å². The monoisotopic (exact) mass is 324 g/mol. The molecule has 1 aromatic heterocycles. The average molecular weight is 325 g/mol. The molecular weight excluding hydrogens is 312 g/mol. The van der Waals surface area contributed by atoms with Crippen molar-refractivity contribution in [3.63, 3.8) is 0 Å². The molecule has 0 aliphatic carbocycles. The maximum Gasteiger partial charge on any atom is 0.335 e. The molecule has 0 fully saturated rings. The summed E-state index contributed by atoms with van der Waals surface area (Å²) in [6, 6.07) is 5.36. The van der Waals surface area contributed by atoms with Crippen LogP contribution in [0.1, 0.15) is 18.1 Å². The van der Waals surface area contributed by atoms with Crippen LogP contribution in [-0.4, -0.2) is 14.7 Å². The molecule has 5 nitrogen and oxygen atoms in total. The second-order valence-electron chi connectivity index (χ2n) is 4.21. The van der Waals surface area contributed by atoms with Crippen LogP contribution in [0.25, 0.3) is 5.69 Å². The SMILES string of the molecule is CCc1c(O)n(-c2ccc(C)cc2Br)c(=O)[nH]c1=O. The maximum atomic E-state index is 11.9. The molecule has 0 amide bonds. The molecule has 1 heterocycles. The zero-order valence-electron chi connectivity index (χ0n) is 10.5. The number of aryl methyl sites for hydroxylation is 1. The summed E-state index contributed by atoms with van der Waals surface area (Å²) in [5.41, 5.74) is 0.475. The molecule has 0 unspecified atom stereocenters. The van der Waals surface area contributed by atoms with E-state index >= 15 is 0 Å². The summed E-state index contributed by atoms with van der Waals surface area (Å²) >= 11 is 3.35. The molecule has 2 aromatic rings. The molecule has 6 heteroatoms. The predicted molar refractivity (Wildman–Crippen MR) is 76.1 cm³/mol. The Bertz CT molecular complexity index is 747. The molecular formula is C13H13BrN2O3. The van der Waals surface area contributed by atoms with Gasteiger partial charge in [-0.2, -0.15) is 0 Å². The van der Waals surface area contributed by atoms with Gasteiger partial charge in [-0.3, -0.25) is 9.78 Å². The first kappa shape index (κ1) is 13.6. The number of aromatic nitrogens is 2. The van der Waals surface area contributed by atoms with Gasteiger partial charge in [0.2, 0.25) is 5.88 Å². The first-order valence-electron chi connectivity index (χ1n) is 5.79. The molecule has 2 rings (SSSR count). The molecule has 0 radical (unpaired) electrons. The number of halogens is 1. The highest BCUT2D eigenvalue weighted by molar-refractivity contribution is 9.10. The third-order valence-electron chi connectivity index (χ3n) is 2.88. The van der Waals surface area contributed by atoms with Crippen LogP contribution in [0.5, 0.6) is 5.88 Å². The van der Waals surface area contributed by atoms with E-state index in [1.807, 2.05) is 19.1 Å². The van der Waals surface area contributed by atoms with Crippen molar-refractivity contribution in [3.8, 4) is 11.6 Å². The predicted octanol–water partition coefficient (Wildman–Crippen LogP) is 1.86. The van der Waals surface area contributed by atoms with Crippen molar-refractivity contribution in [2.75, 3.05) is 0 Å². The minimum Gasteiger partial charge on any atom is -0.494 e. The minimum absolute atomic E-state index is 0.187. The second-order valence-corrected chi connectivity index (χ2v) is 5.06. The first-order chi connectivity index (χ1) is 8.95. The van der Waals surface area contributed by atoms with Crippen LogP contribution >= 0.6 is 15.9 Å². The fourth-order valence-electron chi connectivity index (χ4n) is 1.90. The number of hydrogen-bond acceptors (Lipinski definition) is 3. The zero-order valence-corrected chi connectivity index (χ0v) is 12.1. The van der Waals surface area contributed by atoms with Gasteiger partial charge in [-0.05, 0) is 47.0 Å². The number of aromatic hydroxyl groups is 1. The van der Waals surface area contributed by atoms with E-state index in [-0.39, 0.29) is 11.4 Å². The van der Waals surface area contributed by atoms with Crippen LogP contribution in [-0.2, 0) is 6.42 Å². The van der Waals surface area contributed by atoms with Crippen LogP contribution in [0.15, 0.2) is 32.3 Å². The summed E-state index contributed by atoms with van der Waals surface area (Å²) in [7, 11) is 0. The molecule has 0 saturated heterocycles. The molecule has 0 atom stereocenters. The lowest BCUT2D eigenvalue weighted by Gasteiger charge is -2.12. The Morgan fingerprint density at radius 2 is 2.05 bits per heavy atom. The van der Waals surface area contributed by atoms with Gasteiger partial charge in [-0.25, -0.2) is 9.36 Å². The van der Waals surface area contributed by atoms with Gasteiger partial charge >= 0.3 is 5.69 Å². The maximum absolute atomic E-state index is 11.9. The molecule has 0 saturated carbocycles. The Hall–Kier alpha value is -1.82. The number of aromatic amines is 1. The van der Waals surface area contributed by atoms with Crippen LogP contribution < -0.4 is 11.2 Å². The van der Waals surface area contributed by atoms with Crippen LogP contribution in [0.3, 0.4) is 0 Å². The van der Waals surface area contributed by atoms with Crippen molar-refractivity contribution in [2.24, 2.45) is 0 Å². The Morgan fingerprint density at radius 3 is 2.63 bits per heavy atom. The summed E-state index contributed by atoms with van der Waals surface area (Å²) in [6.45, 7) is 3.66. The van der Waals surface area contributed by atoms with Crippen LogP contribution in [0.4, 0.5) is 0 Å². The number of nitrogens with one attached hydrogen (secondary N) is 1. The Kier molecular flexibility index (Phi) is 3.61. The molecule has 19 heavy (non-hydrogen) atoms. The van der Waals surface area contributed by atoms with Gasteiger partial charge in [-0.15, -0.1) is 0 Å². The minimum atomic E-state index is -0.663. The van der Waals surface area contributed by atoms with E-state index in [1.54, 1.807) is 13.0 Å². The second kappa shape index (κ2) is 5.05. The number of H-pyrrole nitrogens is 1. The van der Waals surface area contributed by atoms with Crippen molar-refractivity contribution in [3.05, 3.63) is 54.6 Å². The first-order valence-corrected chi connectivity index (χ1v) is 6.58. The van der Waals surface area contributed by atoms with E-state index in [4.69, 9.17) is 0 Å². The van der Waals surface area contributed by atoms with E-state index in [1.165, 1.54) is 0 Å². The summed E-state index contributed by atoms with van der Waals surface area (Å²) in [5.74, 6) is -0.319. The largest absolute Gasteiger partial charge is 0.494 e. The van der Waals surface area contributed by atoms with Gasteiger partial charge in [0.15, 0.2) is 0 Å². The quantitative estimate of drug-likeness (QED) is 0.885. The summed E-state index contributed by atoms with van der Waals surface area (Å²) in [5, 5.41) is 10.1. The summed E-state index contributed by atoms with van der Waals surface area (Å²) in [4.78, 5) is 25.7. The van der Waals surface area contributed by atoms with Crippen molar-refractivity contribution in [2.45, 2.75) is 20.3 Å². The van der Waals surface area contributed by atoms with Gasteiger partial charge in [-0.1, -0.05) is 13.0 Å². The summed E-state index contributed by atoms with van der Waals surface area (Å²) < 4.78 is 1.75. The van der Waals surface area contributed by atoms with Crippen LogP contribution in [0.2, 0.25) is 0 Å². The Morgan fingerprint density at radius 1 is 1.37 bits per heavy atom. The van der Waals surface area contributed by atoms with Gasteiger partial charge in [0.1, 0.15) is 0 Å². The lowest BCUT2D eigenvalue weighted by atomic mass is 10.2. The fourth-order valence-corrected chi connectivity index (χ4v) is 2.57.